The monoisotopic (exact) mass is 161 g/mol. The number of fused-ring (bicyclic) bond motifs is 1. The van der Waals surface area contributed by atoms with E-state index in [0.717, 1.165) is 17.8 Å². The first kappa shape index (κ1) is 7.28. The lowest BCUT2D eigenvalue weighted by Gasteiger charge is -2.11. The predicted molar refractivity (Wildman–Crippen MR) is 48.8 cm³/mol. The van der Waals surface area contributed by atoms with Gasteiger partial charge in [-0.05, 0) is 24.1 Å². The summed E-state index contributed by atoms with van der Waals surface area (Å²) in [5.74, 6) is 0. The zero-order chi connectivity index (χ0) is 8.39. The van der Waals surface area contributed by atoms with Gasteiger partial charge in [-0.1, -0.05) is 13.0 Å². The zero-order valence-electron chi connectivity index (χ0n) is 7.04. The van der Waals surface area contributed by atoms with Gasteiger partial charge in [-0.25, -0.2) is 0 Å². The molecule has 62 valence electrons. The van der Waals surface area contributed by atoms with E-state index in [1.165, 1.54) is 5.56 Å². The highest BCUT2D eigenvalue weighted by atomic mass is 15.2. The lowest BCUT2D eigenvalue weighted by molar-refractivity contribution is 0.979. The van der Waals surface area contributed by atoms with Crippen LogP contribution in [0.15, 0.2) is 28.4 Å². The molecule has 3 heteroatoms. The fourth-order valence-corrected chi connectivity index (χ4v) is 1.26. The van der Waals surface area contributed by atoms with Crippen LogP contribution < -0.4 is 5.32 Å². The molecule has 1 aromatic carbocycles. The average Bonchev–Trinajstić information content (AvgIpc) is 2.17. The first-order chi connectivity index (χ1) is 5.90. The number of hydrogen-bond donors (Lipinski definition) is 1. The summed E-state index contributed by atoms with van der Waals surface area (Å²) < 4.78 is 0. The van der Waals surface area contributed by atoms with Crippen LogP contribution in [0.1, 0.15) is 12.5 Å². The van der Waals surface area contributed by atoms with E-state index in [0.29, 0.717) is 6.67 Å². The molecule has 0 saturated carbocycles. The van der Waals surface area contributed by atoms with Gasteiger partial charge in [0, 0.05) is 0 Å². The van der Waals surface area contributed by atoms with Gasteiger partial charge in [0.05, 0.1) is 5.69 Å². The molecule has 0 aromatic heterocycles. The molecule has 12 heavy (non-hydrogen) atoms. The molecular formula is C9H11N3. The molecule has 0 spiro atoms. The van der Waals surface area contributed by atoms with Gasteiger partial charge in [-0.15, -0.1) is 0 Å². The zero-order valence-corrected chi connectivity index (χ0v) is 7.04. The Morgan fingerprint density at radius 3 is 3.25 bits per heavy atom. The van der Waals surface area contributed by atoms with Crippen LogP contribution in [-0.4, -0.2) is 6.67 Å². The van der Waals surface area contributed by atoms with Crippen molar-refractivity contribution in [2.24, 2.45) is 10.2 Å². The van der Waals surface area contributed by atoms with Crippen LogP contribution in [0.5, 0.6) is 0 Å². The van der Waals surface area contributed by atoms with E-state index in [1.54, 1.807) is 0 Å². The Balaban J connectivity index is 2.44. The van der Waals surface area contributed by atoms with Crippen LogP contribution in [0, 0.1) is 0 Å². The molecule has 0 unspecified atom stereocenters. The fraction of sp³-hybridized carbons (Fsp3) is 0.333. The highest BCUT2D eigenvalue weighted by Crippen LogP contribution is 2.28. The van der Waals surface area contributed by atoms with Gasteiger partial charge in [0.2, 0.25) is 0 Å². The molecule has 0 saturated heterocycles. The Morgan fingerprint density at radius 2 is 2.42 bits per heavy atom. The standard InChI is InChI=1S/C9H11N3/c1-2-7-3-4-8-9(5-7)12-11-6-10-8/h3-5,10H,2,6H2,1H3. The smallest absolute Gasteiger partial charge is 0.129 e. The molecule has 1 aliphatic heterocycles. The van der Waals surface area contributed by atoms with Gasteiger partial charge in [0.1, 0.15) is 12.4 Å². The molecule has 2 rings (SSSR count). The number of rotatable bonds is 1. The topological polar surface area (TPSA) is 36.8 Å². The Hall–Kier alpha value is -1.38. The molecule has 0 radical (unpaired) electrons. The van der Waals surface area contributed by atoms with Gasteiger partial charge in [0.15, 0.2) is 0 Å². The quantitative estimate of drug-likeness (QED) is 0.675. The van der Waals surface area contributed by atoms with Crippen LogP contribution in [0.4, 0.5) is 11.4 Å². The molecule has 0 bridgehead atoms. The summed E-state index contributed by atoms with van der Waals surface area (Å²) >= 11 is 0. The molecule has 1 N–H and O–H groups in total. The Kier molecular flexibility index (Phi) is 1.78. The number of benzene rings is 1. The summed E-state index contributed by atoms with van der Waals surface area (Å²) in [6.07, 6.45) is 1.04. The Labute approximate surface area is 71.5 Å². The maximum Gasteiger partial charge on any atom is 0.129 e. The van der Waals surface area contributed by atoms with E-state index in [9.17, 15) is 0 Å². The summed E-state index contributed by atoms with van der Waals surface area (Å²) in [5, 5.41) is 11.1. The third kappa shape index (κ3) is 1.18. The van der Waals surface area contributed by atoms with Crippen LogP contribution in [0.25, 0.3) is 0 Å². The van der Waals surface area contributed by atoms with E-state index in [-0.39, 0.29) is 0 Å². The van der Waals surface area contributed by atoms with Crippen molar-refractivity contribution in [2.75, 3.05) is 12.0 Å². The van der Waals surface area contributed by atoms with Crippen LogP contribution in [-0.2, 0) is 6.42 Å². The van der Waals surface area contributed by atoms with Crippen LogP contribution in [0.3, 0.4) is 0 Å². The maximum absolute atomic E-state index is 4.06. The molecule has 0 fully saturated rings. The van der Waals surface area contributed by atoms with E-state index < -0.39 is 0 Å². The van der Waals surface area contributed by atoms with E-state index >= 15 is 0 Å². The molecule has 3 nitrogen and oxygen atoms in total. The number of nitrogens with zero attached hydrogens (tertiary/aromatic N) is 2. The van der Waals surface area contributed by atoms with Gasteiger partial charge >= 0.3 is 0 Å². The SMILES string of the molecule is CCc1ccc2c(c1)N=NCN2. The molecule has 0 amide bonds. The van der Waals surface area contributed by atoms with Crippen molar-refractivity contribution < 1.29 is 0 Å². The molecule has 1 aliphatic rings. The van der Waals surface area contributed by atoms with E-state index in [1.807, 2.05) is 0 Å². The summed E-state index contributed by atoms with van der Waals surface area (Å²) in [5.41, 5.74) is 3.35. The lowest BCUT2D eigenvalue weighted by Crippen LogP contribution is -2.01. The molecule has 1 aromatic rings. The molecule has 1 heterocycles. The Morgan fingerprint density at radius 1 is 1.50 bits per heavy atom. The number of aryl methyl sites for hydroxylation is 1. The molecular weight excluding hydrogens is 150 g/mol. The first-order valence-corrected chi connectivity index (χ1v) is 4.14. The van der Waals surface area contributed by atoms with Gasteiger partial charge in [-0.2, -0.15) is 10.2 Å². The van der Waals surface area contributed by atoms with Crippen molar-refractivity contribution in [3.05, 3.63) is 23.8 Å². The highest BCUT2D eigenvalue weighted by molar-refractivity contribution is 5.66. The second-order valence-corrected chi connectivity index (χ2v) is 2.78. The molecule has 0 aliphatic carbocycles. The van der Waals surface area contributed by atoms with Gasteiger partial charge < -0.3 is 5.32 Å². The fourth-order valence-electron chi connectivity index (χ4n) is 1.26. The lowest BCUT2D eigenvalue weighted by atomic mass is 10.1. The van der Waals surface area contributed by atoms with Crippen molar-refractivity contribution in [1.82, 2.24) is 0 Å². The van der Waals surface area contributed by atoms with Crippen molar-refractivity contribution in [3.63, 3.8) is 0 Å². The normalized spacial score (nSPS) is 13.8. The van der Waals surface area contributed by atoms with Crippen LogP contribution in [0.2, 0.25) is 0 Å². The van der Waals surface area contributed by atoms with Crippen molar-refractivity contribution >= 4 is 11.4 Å². The summed E-state index contributed by atoms with van der Waals surface area (Å²) in [6.45, 7) is 2.73. The summed E-state index contributed by atoms with van der Waals surface area (Å²) in [7, 11) is 0. The minimum atomic E-state index is 0.596. The maximum atomic E-state index is 4.06. The predicted octanol–water partition coefficient (Wildman–Crippen LogP) is 2.72. The van der Waals surface area contributed by atoms with E-state index in [2.05, 4.69) is 40.7 Å². The van der Waals surface area contributed by atoms with Crippen molar-refractivity contribution in [2.45, 2.75) is 13.3 Å². The largest absolute Gasteiger partial charge is 0.363 e. The minimum absolute atomic E-state index is 0.596. The third-order valence-electron chi connectivity index (χ3n) is 1.99. The summed E-state index contributed by atoms with van der Waals surface area (Å²) in [6, 6.07) is 6.25. The number of anilines is 1. The first-order valence-electron chi connectivity index (χ1n) is 4.14. The third-order valence-corrected chi connectivity index (χ3v) is 1.99. The minimum Gasteiger partial charge on any atom is -0.363 e. The Bertz CT molecular complexity index is 318. The van der Waals surface area contributed by atoms with Gasteiger partial charge in [0.25, 0.3) is 0 Å². The second-order valence-electron chi connectivity index (χ2n) is 2.78. The van der Waals surface area contributed by atoms with Crippen molar-refractivity contribution in [1.29, 1.82) is 0 Å². The average molecular weight is 161 g/mol. The number of hydrogen-bond acceptors (Lipinski definition) is 3. The van der Waals surface area contributed by atoms with Gasteiger partial charge in [-0.3, -0.25) is 0 Å². The van der Waals surface area contributed by atoms with Crippen molar-refractivity contribution in [3.8, 4) is 0 Å². The highest BCUT2D eigenvalue weighted by Gasteiger charge is 2.04. The second kappa shape index (κ2) is 2.93. The van der Waals surface area contributed by atoms with E-state index in [4.69, 9.17) is 0 Å². The summed E-state index contributed by atoms with van der Waals surface area (Å²) in [4.78, 5) is 0. The number of azo groups is 1. The molecule has 0 atom stereocenters. The number of nitrogens with one attached hydrogen (secondary N) is 1. The van der Waals surface area contributed by atoms with Crippen LogP contribution >= 0.6 is 0 Å².